The zero-order valence-corrected chi connectivity index (χ0v) is 57.3. The molecular weight excluding hydrogens is 1200 g/mol. The van der Waals surface area contributed by atoms with Crippen LogP contribution in [0.4, 0.5) is 0 Å². The Morgan fingerprint density at radius 3 is 1.65 bits per heavy atom. The Morgan fingerprint density at radius 2 is 1.09 bits per heavy atom. The lowest BCUT2D eigenvalue weighted by Crippen LogP contribution is -2.48. The van der Waals surface area contributed by atoms with Crippen molar-refractivity contribution in [2.45, 2.75) is 182 Å². The Kier molecular flexibility index (Phi) is 34.3. The molecule has 3 aromatic carbocycles. The number of fused-ring (bicyclic) bond motifs is 1. The number of rotatable bonds is 42. The summed E-state index contributed by atoms with van der Waals surface area (Å²) in [5.74, 6) is -8.06. The second-order valence-electron chi connectivity index (χ2n) is 25.9. The number of hydrogen-bond acceptors (Lipinski definition) is 16. The van der Waals surface area contributed by atoms with Gasteiger partial charge in [-0.2, -0.15) is 0 Å². The van der Waals surface area contributed by atoms with E-state index in [1.807, 2.05) is 63.2 Å². The summed E-state index contributed by atoms with van der Waals surface area (Å²) in [7, 11) is 4.66. The Bertz CT molecular complexity index is 3110. The van der Waals surface area contributed by atoms with Crippen LogP contribution in [0.15, 0.2) is 81.7 Å². The van der Waals surface area contributed by atoms with Crippen molar-refractivity contribution in [3.05, 3.63) is 77.9 Å². The predicted molar refractivity (Wildman–Crippen MR) is 366 cm³/mol. The summed E-state index contributed by atoms with van der Waals surface area (Å²) in [6.45, 7) is 15.6. The Hall–Kier alpha value is -8.61. The maximum absolute atomic E-state index is 15.1. The van der Waals surface area contributed by atoms with Gasteiger partial charge in [-0.15, -0.1) is 0 Å². The van der Waals surface area contributed by atoms with Crippen LogP contribution in [0.2, 0.25) is 0 Å². The number of hydrogen-bond donors (Lipinski definition) is 10. The molecule has 518 valence electrons. The molecule has 0 heterocycles. The lowest BCUT2D eigenvalue weighted by atomic mass is 9.88. The molecule has 94 heavy (non-hydrogen) atoms. The van der Waals surface area contributed by atoms with E-state index in [2.05, 4.69) is 52.2 Å². The van der Waals surface area contributed by atoms with Gasteiger partial charge in [0.15, 0.2) is 35.1 Å². The maximum Gasteiger partial charge on any atom is 0.306 e. The summed E-state index contributed by atoms with van der Waals surface area (Å²) in [6.07, 6.45) is -0.106. The summed E-state index contributed by atoms with van der Waals surface area (Å²) in [6, 6.07) is 17.0. The molecule has 0 bridgehead atoms. The summed E-state index contributed by atoms with van der Waals surface area (Å²) in [5.41, 5.74) is 17.6. The zero-order chi connectivity index (χ0) is 70.1. The molecule has 0 aliphatic rings. The van der Waals surface area contributed by atoms with Gasteiger partial charge in [0.05, 0.1) is 36.4 Å². The number of carbonyl (C=O) groups is 10. The molecule has 0 radical (unpaired) electrons. The number of benzene rings is 3. The second-order valence-corrected chi connectivity index (χ2v) is 25.9. The third-order valence-corrected chi connectivity index (χ3v) is 15.2. The molecule has 0 saturated carbocycles. The molecule has 13 N–H and O–H groups in total. The molecule has 0 fully saturated rings. The second kappa shape index (κ2) is 40.5. The fraction of sp³-hybridized carbons (Fsp3) is 0.580. The van der Waals surface area contributed by atoms with Crippen LogP contribution >= 0.6 is 0 Å². The quantitative estimate of drug-likeness (QED) is 0.0162. The maximum atomic E-state index is 15.1. The lowest BCUT2D eigenvalue weighted by Gasteiger charge is -2.26. The highest BCUT2D eigenvalue weighted by Crippen LogP contribution is 2.25. The zero-order valence-electron chi connectivity index (χ0n) is 57.3. The summed E-state index contributed by atoms with van der Waals surface area (Å²) in [4.78, 5) is 152. The predicted octanol–water partition coefficient (Wildman–Crippen LogP) is 4.41. The summed E-state index contributed by atoms with van der Waals surface area (Å²) in [5, 5.41) is 22.0. The van der Waals surface area contributed by atoms with Gasteiger partial charge in [0.25, 0.3) is 0 Å². The minimum Gasteiger partial charge on any atom is -0.488 e. The van der Waals surface area contributed by atoms with Crippen LogP contribution < -0.4 is 59.2 Å². The van der Waals surface area contributed by atoms with Crippen molar-refractivity contribution in [3.8, 4) is 5.75 Å². The molecule has 0 aliphatic heterocycles. The number of amides is 4. The first kappa shape index (κ1) is 79.6. The number of esters is 1. The third-order valence-electron chi connectivity index (χ3n) is 15.2. The molecule has 4 amide bonds. The van der Waals surface area contributed by atoms with Gasteiger partial charge in [-0.1, -0.05) is 54.6 Å². The fourth-order valence-electron chi connectivity index (χ4n) is 10.4. The van der Waals surface area contributed by atoms with E-state index in [1.54, 1.807) is 59.0 Å². The lowest BCUT2D eigenvalue weighted by molar-refractivity contribution is -0.155. The monoisotopic (exact) mass is 1310 g/mol. The molecule has 3 aromatic rings. The van der Waals surface area contributed by atoms with Crippen molar-refractivity contribution < 1.29 is 57.4 Å². The van der Waals surface area contributed by atoms with Crippen molar-refractivity contribution in [3.63, 3.8) is 0 Å². The van der Waals surface area contributed by atoms with E-state index < -0.39 is 119 Å². The molecule has 0 saturated heterocycles. The smallest absolute Gasteiger partial charge is 0.306 e. The fourth-order valence-corrected chi connectivity index (χ4v) is 10.4. The minimum absolute atomic E-state index is 0.0342. The normalized spacial score (nSPS) is 14.4. The van der Waals surface area contributed by atoms with E-state index in [0.29, 0.717) is 42.1 Å². The molecule has 25 nitrogen and oxygen atoms in total. The number of amidine groups is 1. The van der Waals surface area contributed by atoms with Crippen molar-refractivity contribution in [1.29, 1.82) is 0 Å². The molecule has 25 heteroatoms. The number of ketones is 5. The number of nitrogens with zero attached hydrogens (tertiary/aromatic N) is 3. The van der Waals surface area contributed by atoms with Crippen molar-refractivity contribution in [1.82, 2.24) is 37.2 Å². The van der Waals surface area contributed by atoms with Crippen LogP contribution in [-0.4, -0.2) is 159 Å². The number of Topliss-reactive ketones (excluding diaryl/α,β-unsaturated/α-hetero) is 5. The van der Waals surface area contributed by atoms with E-state index in [-0.39, 0.29) is 107 Å². The van der Waals surface area contributed by atoms with Crippen LogP contribution in [0, 0.1) is 23.7 Å². The van der Waals surface area contributed by atoms with Crippen LogP contribution in [-0.2, 0) is 65.5 Å². The molecule has 0 unspecified atom stereocenters. The molecule has 7 atom stereocenters. The summed E-state index contributed by atoms with van der Waals surface area (Å²) < 4.78 is 11.5. The van der Waals surface area contributed by atoms with E-state index in [1.165, 1.54) is 27.9 Å². The Labute approximate surface area is 554 Å². The van der Waals surface area contributed by atoms with E-state index >= 15 is 14.4 Å². The number of ether oxygens (including phenoxy) is 2. The Balaban J connectivity index is 2.05. The topological polar surface area (TPSA) is 389 Å². The Morgan fingerprint density at radius 1 is 0.543 bits per heavy atom. The van der Waals surface area contributed by atoms with Crippen molar-refractivity contribution in [2.24, 2.45) is 55.8 Å². The highest BCUT2D eigenvalue weighted by molar-refractivity contribution is 5.98. The van der Waals surface area contributed by atoms with Gasteiger partial charge in [0, 0.05) is 90.1 Å². The van der Waals surface area contributed by atoms with E-state index in [0.717, 1.165) is 10.8 Å². The van der Waals surface area contributed by atoms with Gasteiger partial charge in [0.1, 0.15) is 22.7 Å². The van der Waals surface area contributed by atoms with Gasteiger partial charge < -0.3 is 68.7 Å². The number of carbonyl (C=O) groups excluding carboxylic acids is 10. The van der Waals surface area contributed by atoms with Gasteiger partial charge in [-0.05, 0) is 161 Å². The molecule has 0 aromatic heterocycles. The van der Waals surface area contributed by atoms with Gasteiger partial charge in [-0.25, -0.2) is 0 Å². The molecular formula is C69H105N13O12. The first-order chi connectivity index (χ1) is 44.3. The highest BCUT2D eigenvalue weighted by atomic mass is 16.6. The average Bonchev–Trinajstić information content (AvgIpc) is 1.21. The minimum atomic E-state index is -1.25. The van der Waals surface area contributed by atoms with Crippen LogP contribution in [0.3, 0.4) is 0 Å². The average molecular weight is 1310 g/mol. The van der Waals surface area contributed by atoms with Crippen molar-refractivity contribution in [2.75, 3.05) is 53.9 Å². The first-order valence-electron chi connectivity index (χ1n) is 32.4. The summed E-state index contributed by atoms with van der Waals surface area (Å²) >= 11 is 0. The number of nitrogens with one attached hydrogen (secondary N) is 7. The largest absolute Gasteiger partial charge is 0.488 e. The van der Waals surface area contributed by atoms with E-state index in [4.69, 9.17) is 26.7 Å². The number of nitrogens with two attached hydrogens (primary N) is 3. The SMILES string of the molecule is CN=C(N)NCCC[C@H](NC(=O)[C@H](CNC)CC(=O)CNC(=O)[C@@H](CC(=O)[C@@H](CCCNC(N)=NC)NC(=O)[C@H](CCCN=C(C)N)CC(=O)[C@H](Cc1ccc(OC(C)(C)C)cc1)NC(=O)[C@H](CCC(=O)OC(C)(C)C)CC(C)=O)Cc1ccc2ccccc2c1)C(C)=O. The van der Waals surface area contributed by atoms with Gasteiger partial charge >= 0.3 is 5.97 Å². The van der Waals surface area contributed by atoms with Crippen molar-refractivity contribution >= 4 is 87.0 Å². The number of guanidine groups is 2. The molecule has 0 spiro atoms. The van der Waals surface area contributed by atoms with Crippen LogP contribution in [0.1, 0.15) is 150 Å². The van der Waals surface area contributed by atoms with Gasteiger partial charge in [0.2, 0.25) is 23.6 Å². The molecule has 3 rings (SSSR count). The molecule has 0 aliphatic carbocycles. The van der Waals surface area contributed by atoms with E-state index in [9.17, 15) is 33.6 Å². The number of aliphatic imine (C=N–C) groups is 3. The third kappa shape index (κ3) is 31.8. The first-order valence-corrected chi connectivity index (χ1v) is 32.4. The highest BCUT2D eigenvalue weighted by Gasteiger charge is 2.35. The standard InChI is InChI=1S/C69H105N13O12/c1-43(83)34-51(27-30-61(88)94-69(7,8)9)64(91)82-58(37-46-24-28-55(29-25-46)93-68(4,5)6)60(87)39-50(20-15-31-76-45(3)70)63(90)81-57(22-17-33-78-67(72)75-12)59(86)40-52(36-47-23-26-48-18-13-14-19-49(48)35-47)62(89)79-42-54(85)38-53(41-73-10)65(92)80-56(44(2)84)21-16-32-77-66(71)74-11/h13-14,18-19,23-26,28-29,35,50-53,56-58,73H,15-17,20-22,27,30-34,36-42H2,1-12H3,(H2,70,76)(H,79,89)(H,80,92)(H,81,90)(H,82,91)(H3,71,74,77)(H3,72,75,78)/t50-,51-,52-,53+,56+,57-,58+/m1/s1. The van der Waals surface area contributed by atoms with Gasteiger partial charge in [-0.3, -0.25) is 58.1 Å². The van der Waals surface area contributed by atoms with Crippen LogP contribution in [0.25, 0.3) is 10.8 Å². The van der Waals surface area contributed by atoms with Crippen LogP contribution in [0.5, 0.6) is 5.75 Å².